The molecule has 0 saturated carbocycles. The summed E-state index contributed by atoms with van der Waals surface area (Å²) < 4.78 is 22.0. The molecule has 0 radical (unpaired) electrons. The third-order valence-electron chi connectivity index (χ3n) is 3.27. The van der Waals surface area contributed by atoms with Gasteiger partial charge in [0.1, 0.15) is 6.29 Å². The van der Waals surface area contributed by atoms with E-state index in [1.165, 1.54) is 14.2 Å². The van der Waals surface area contributed by atoms with Crippen molar-refractivity contribution in [2.24, 2.45) is 0 Å². The molecule has 0 bridgehead atoms. The van der Waals surface area contributed by atoms with Gasteiger partial charge in [-0.05, 0) is 37.3 Å². The fourth-order valence-corrected chi connectivity index (χ4v) is 2.17. The Morgan fingerprint density at radius 1 is 0.875 bits per heavy atom. The van der Waals surface area contributed by atoms with Gasteiger partial charge in [0.05, 0.1) is 26.4 Å². The lowest BCUT2D eigenvalue weighted by Gasteiger charge is -2.17. The molecule has 0 amide bonds. The minimum absolute atomic E-state index is 0.218. The highest BCUT2D eigenvalue weighted by Gasteiger charge is 2.19. The topological polar surface area (TPSA) is 71.1 Å². The SMILES string of the molecule is CCOc1ccc(C=O)c(Oc2ccc(C=O)cc2OC)c1OC. The summed E-state index contributed by atoms with van der Waals surface area (Å²) in [6.07, 6.45) is 1.37. The van der Waals surface area contributed by atoms with Gasteiger partial charge in [0.15, 0.2) is 29.3 Å². The van der Waals surface area contributed by atoms with E-state index >= 15 is 0 Å². The quantitative estimate of drug-likeness (QED) is 0.690. The van der Waals surface area contributed by atoms with Crippen LogP contribution in [0.5, 0.6) is 28.7 Å². The molecule has 0 heterocycles. The molecule has 6 nitrogen and oxygen atoms in total. The number of benzene rings is 2. The summed E-state index contributed by atoms with van der Waals surface area (Å²) in [6.45, 7) is 2.28. The molecule has 0 saturated heterocycles. The molecule has 0 aliphatic carbocycles. The number of carbonyl (C=O) groups excluding carboxylic acids is 2. The van der Waals surface area contributed by atoms with Gasteiger partial charge >= 0.3 is 0 Å². The molecule has 0 aliphatic heterocycles. The van der Waals surface area contributed by atoms with Crippen molar-refractivity contribution in [2.45, 2.75) is 6.92 Å². The van der Waals surface area contributed by atoms with E-state index in [1.807, 2.05) is 6.92 Å². The summed E-state index contributed by atoms with van der Waals surface area (Å²) in [5.41, 5.74) is 0.752. The lowest BCUT2D eigenvalue weighted by Crippen LogP contribution is -2.01. The Bertz CT molecular complexity index is 739. The predicted octanol–water partition coefficient (Wildman–Crippen LogP) is 3.52. The second kappa shape index (κ2) is 8.01. The second-order valence-corrected chi connectivity index (χ2v) is 4.70. The summed E-state index contributed by atoms with van der Waals surface area (Å²) in [5.74, 6) is 1.70. The van der Waals surface area contributed by atoms with Gasteiger partial charge in [0, 0.05) is 5.56 Å². The van der Waals surface area contributed by atoms with Gasteiger partial charge in [-0.3, -0.25) is 9.59 Å². The Morgan fingerprint density at radius 3 is 2.21 bits per heavy atom. The predicted molar refractivity (Wildman–Crippen MR) is 88.0 cm³/mol. The van der Waals surface area contributed by atoms with Gasteiger partial charge in [-0.1, -0.05) is 0 Å². The Hall–Kier alpha value is -3.02. The standard InChI is InChI=1S/C18H18O6/c1-4-23-15-8-6-13(11-20)17(18(15)22-3)24-14-7-5-12(10-19)9-16(14)21-2/h5-11H,4H2,1-3H3. The van der Waals surface area contributed by atoms with E-state index in [2.05, 4.69) is 0 Å². The number of carbonyl (C=O) groups is 2. The molecular formula is C18H18O6. The maximum Gasteiger partial charge on any atom is 0.204 e. The highest BCUT2D eigenvalue weighted by atomic mass is 16.5. The largest absolute Gasteiger partial charge is 0.493 e. The van der Waals surface area contributed by atoms with Crippen LogP contribution in [0.4, 0.5) is 0 Å². The monoisotopic (exact) mass is 330 g/mol. The molecule has 0 aromatic heterocycles. The lowest BCUT2D eigenvalue weighted by molar-refractivity contribution is 0.111. The number of rotatable bonds is 8. The number of hydrogen-bond acceptors (Lipinski definition) is 6. The van der Waals surface area contributed by atoms with Crippen LogP contribution in [0.3, 0.4) is 0 Å². The molecule has 0 fully saturated rings. The average Bonchev–Trinajstić information content (AvgIpc) is 2.62. The zero-order valence-electron chi connectivity index (χ0n) is 13.7. The van der Waals surface area contributed by atoms with Crippen LogP contribution in [0.2, 0.25) is 0 Å². The number of hydrogen-bond donors (Lipinski definition) is 0. The molecule has 0 spiro atoms. The average molecular weight is 330 g/mol. The molecule has 0 unspecified atom stereocenters. The summed E-state index contributed by atoms with van der Waals surface area (Å²) in [7, 11) is 2.93. The molecule has 2 aromatic rings. The molecular weight excluding hydrogens is 312 g/mol. The second-order valence-electron chi connectivity index (χ2n) is 4.70. The highest BCUT2D eigenvalue weighted by Crippen LogP contribution is 2.43. The summed E-state index contributed by atoms with van der Waals surface area (Å²) in [5, 5.41) is 0. The Balaban J connectivity index is 2.53. The number of aldehydes is 2. The lowest BCUT2D eigenvalue weighted by atomic mass is 10.1. The van der Waals surface area contributed by atoms with E-state index in [0.29, 0.717) is 53.3 Å². The van der Waals surface area contributed by atoms with E-state index in [4.69, 9.17) is 18.9 Å². The Morgan fingerprint density at radius 2 is 1.62 bits per heavy atom. The van der Waals surface area contributed by atoms with Gasteiger partial charge < -0.3 is 18.9 Å². The maximum absolute atomic E-state index is 11.4. The van der Waals surface area contributed by atoms with Crippen LogP contribution in [0, 0.1) is 0 Å². The Labute approximate surface area is 139 Å². The van der Waals surface area contributed by atoms with Crippen LogP contribution in [-0.4, -0.2) is 33.4 Å². The Kier molecular flexibility index (Phi) is 5.78. The first-order chi connectivity index (χ1) is 11.7. The third-order valence-corrected chi connectivity index (χ3v) is 3.27. The fourth-order valence-electron chi connectivity index (χ4n) is 2.17. The first-order valence-corrected chi connectivity index (χ1v) is 7.28. The zero-order valence-corrected chi connectivity index (χ0v) is 13.7. The van der Waals surface area contributed by atoms with Crippen molar-refractivity contribution in [1.82, 2.24) is 0 Å². The van der Waals surface area contributed by atoms with Crippen molar-refractivity contribution >= 4 is 12.6 Å². The van der Waals surface area contributed by atoms with Crippen molar-refractivity contribution in [3.05, 3.63) is 41.5 Å². The minimum atomic E-state index is 0.218. The van der Waals surface area contributed by atoms with Gasteiger partial charge in [0.25, 0.3) is 0 Å². The smallest absolute Gasteiger partial charge is 0.204 e. The molecule has 0 N–H and O–H groups in total. The van der Waals surface area contributed by atoms with Crippen molar-refractivity contribution in [1.29, 1.82) is 0 Å². The van der Waals surface area contributed by atoms with E-state index in [1.54, 1.807) is 30.3 Å². The van der Waals surface area contributed by atoms with Crippen molar-refractivity contribution in [3.8, 4) is 28.7 Å². The molecule has 2 aromatic carbocycles. The van der Waals surface area contributed by atoms with Gasteiger partial charge in [-0.25, -0.2) is 0 Å². The van der Waals surface area contributed by atoms with Crippen LogP contribution < -0.4 is 18.9 Å². The zero-order chi connectivity index (χ0) is 17.5. The summed E-state index contributed by atoms with van der Waals surface area (Å²) in [6, 6.07) is 7.95. The number of methoxy groups -OCH3 is 2. The fraction of sp³-hybridized carbons (Fsp3) is 0.222. The van der Waals surface area contributed by atoms with E-state index in [0.717, 1.165) is 0 Å². The van der Waals surface area contributed by atoms with Crippen LogP contribution in [0.15, 0.2) is 30.3 Å². The first kappa shape index (κ1) is 17.3. The molecule has 24 heavy (non-hydrogen) atoms. The normalized spacial score (nSPS) is 9.96. The van der Waals surface area contributed by atoms with Gasteiger partial charge in [0.2, 0.25) is 5.75 Å². The maximum atomic E-state index is 11.4. The van der Waals surface area contributed by atoms with Crippen LogP contribution in [-0.2, 0) is 0 Å². The third kappa shape index (κ3) is 3.48. The molecule has 0 atom stereocenters. The van der Waals surface area contributed by atoms with Crippen molar-refractivity contribution < 1.29 is 28.5 Å². The summed E-state index contributed by atoms with van der Waals surface area (Å²) >= 11 is 0. The van der Waals surface area contributed by atoms with Crippen LogP contribution in [0.25, 0.3) is 0 Å². The van der Waals surface area contributed by atoms with E-state index < -0.39 is 0 Å². The first-order valence-electron chi connectivity index (χ1n) is 7.28. The molecule has 0 aliphatic rings. The van der Waals surface area contributed by atoms with Crippen molar-refractivity contribution in [3.63, 3.8) is 0 Å². The van der Waals surface area contributed by atoms with E-state index in [-0.39, 0.29) is 5.75 Å². The summed E-state index contributed by atoms with van der Waals surface area (Å²) in [4.78, 5) is 22.2. The van der Waals surface area contributed by atoms with E-state index in [9.17, 15) is 9.59 Å². The van der Waals surface area contributed by atoms with Gasteiger partial charge in [-0.15, -0.1) is 0 Å². The molecule has 126 valence electrons. The highest BCUT2D eigenvalue weighted by molar-refractivity contribution is 5.83. The van der Waals surface area contributed by atoms with Crippen LogP contribution >= 0.6 is 0 Å². The molecule has 6 heteroatoms. The number of ether oxygens (including phenoxy) is 4. The van der Waals surface area contributed by atoms with Crippen molar-refractivity contribution in [2.75, 3.05) is 20.8 Å². The molecule has 2 rings (SSSR count). The van der Waals surface area contributed by atoms with Crippen LogP contribution in [0.1, 0.15) is 27.6 Å². The minimum Gasteiger partial charge on any atom is -0.493 e. The van der Waals surface area contributed by atoms with Gasteiger partial charge in [-0.2, -0.15) is 0 Å².